The number of ether oxygens (including phenoxy) is 1. The van der Waals surface area contributed by atoms with Crippen LogP contribution in [0.3, 0.4) is 0 Å². The van der Waals surface area contributed by atoms with Gasteiger partial charge in [0, 0.05) is 31.9 Å². The van der Waals surface area contributed by atoms with Crippen molar-refractivity contribution in [2.24, 2.45) is 0 Å². The smallest absolute Gasteiger partial charge is 0.220 e. The largest absolute Gasteiger partial charge is 0.370 e. The first kappa shape index (κ1) is 18.8. The van der Waals surface area contributed by atoms with Crippen LogP contribution < -0.4 is 10.6 Å². The molecule has 0 aliphatic rings. The van der Waals surface area contributed by atoms with Crippen molar-refractivity contribution >= 4 is 27.5 Å². The Bertz CT molecular complexity index is 239. The Labute approximate surface area is 124 Å². The molecule has 0 aliphatic carbocycles. The Balaban J connectivity index is 3.11. The third kappa shape index (κ3) is 15.8. The minimum absolute atomic E-state index is 0.120. The lowest BCUT2D eigenvalue weighted by Gasteiger charge is -2.04. The number of nitrogens with one attached hydrogen (secondary N) is 2. The molecule has 112 valence electrons. The van der Waals surface area contributed by atoms with Crippen LogP contribution in [0.5, 0.6) is 0 Å². The van der Waals surface area contributed by atoms with Crippen LogP contribution in [0, 0.1) is 0 Å². The Hall–Kier alpha value is -0.170. The van der Waals surface area contributed by atoms with E-state index in [9.17, 15) is 4.79 Å². The van der Waals surface area contributed by atoms with E-state index >= 15 is 0 Å². The predicted molar refractivity (Wildman–Crippen MR) is 86.5 cm³/mol. The van der Waals surface area contributed by atoms with Crippen LogP contribution in [0.1, 0.15) is 26.2 Å². The summed E-state index contributed by atoms with van der Waals surface area (Å²) in [6.07, 6.45) is 6.29. The molecule has 0 bridgehead atoms. The molecule has 0 aromatic heterocycles. The van der Waals surface area contributed by atoms with Crippen molar-refractivity contribution in [2.45, 2.75) is 26.2 Å². The molecule has 19 heavy (non-hydrogen) atoms. The fourth-order valence-electron chi connectivity index (χ4n) is 1.20. The number of hydrogen-bond donors (Lipinski definition) is 2. The normalized spacial score (nSPS) is 11.1. The SMILES string of the molecule is C/C=C/CNC(=O)CCCCOCSSCCNC. The molecule has 0 aromatic carbocycles. The molecule has 2 N–H and O–H groups in total. The molecule has 0 radical (unpaired) electrons. The molecule has 0 fully saturated rings. The molecule has 4 nitrogen and oxygen atoms in total. The number of hydrogen-bond acceptors (Lipinski definition) is 5. The highest BCUT2D eigenvalue weighted by molar-refractivity contribution is 8.76. The van der Waals surface area contributed by atoms with Crippen molar-refractivity contribution in [1.82, 2.24) is 10.6 Å². The van der Waals surface area contributed by atoms with E-state index in [2.05, 4.69) is 10.6 Å². The maximum absolute atomic E-state index is 11.4. The molecular formula is C13H26N2O2S2. The second-order valence-electron chi connectivity index (χ2n) is 3.90. The van der Waals surface area contributed by atoms with E-state index < -0.39 is 0 Å². The average Bonchev–Trinajstić information content (AvgIpc) is 2.41. The summed E-state index contributed by atoms with van der Waals surface area (Å²) in [4.78, 5) is 11.4. The van der Waals surface area contributed by atoms with E-state index in [-0.39, 0.29) is 5.91 Å². The molecule has 0 spiro atoms. The van der Waals surface area contributed by atoms with Gasteiger partial charge in [-0.2, -0.15) is 0 Å². The fraction of sp³-hybridized carbons (Fsp3) is 0.769. The zero-order valence-corrected chi connectivity index (χ0v) is 13.6. The quantitative estimate of drug-likeness (QED) is 0.237. The van der Waals surface area contributed by atoms with E-state index in [0.717, 1.165) is 37.7 Å². The van der Waals surface area contributed by atoms with Crippen LogP contribution in [0.2, 0.25) is 0 Å². The molecule has 0 aliphatic heterocycles. The lowest BCUT2D eigenvalue weighted by atomic mass is 10.2. The van der Waals surface area contributed by atoms with Gasteiger partial charge in [-0.25, -0.2) is 0 Å². The van der Waals surface area contributed by atoms with Crippen LogP contribution in [-0.2, 0) is 9.53 Å². The summed E-state index contributed by atoms with van der Waals surface area (Å²) in [5.41, 5.74) is 0. The second kappa shape index (κ2) is 15.9. The Morgan fingerprint density at radius 3 is 2.89 bits per heavy atom. The van der Waals surface area contributed by atoms with Crippen LogP contribution in [0.25, 0.3) is 0 Å². The minimum Gasteiger partial charge on any atom is -0.370 e. The molecule has 0 rings (SSSR count). The summed E-state index contributed by atoms with van der Waals surface area (Å²) in [5.74, 6) is 1.94. The van der Waals surface area contributed by atoms with E-state index in [1.165, 1.54) is 0 Å². The molecule has 6 heteroatoms. The number of allylic oxidation sites excluding steroid dienone is 1. The van der Waals surface area contributed by atoms with Gasteiger partial charge in [0.1, 0.15) is 5.94 Å². The van der Waals surface area contributed by atoms with Crippen LogP contribution >= 0.6 is 21.6 Å². The van der Waals surface area contributed by atoms with Gasteiger partial charge in [0.25, 0.3) is 0 Å². The Morgan fingerprint density at radius 2 is 2.16 bits per heavy atom. The second-order valence-corrected chi connectivity index (χ2v) is 6.43. The maximum atomic E-state index is 11.4. The van der Waals surface area contributed by atoms with Gasteiger partial charge in [-0.05, 0) is 26.8 Å². The van der Waals surface area contributed by atoms with E-state index in [1.807, 2.05) is 36.9 Å². The van der Waals surface area contributed by atoms with Crippen LogP contribution in [0.4, 0.5) is 0 Å². The molecule has 0 aromatic rings. The fourth-order valence-corrected chi connectivity index (χ4v) is 2.87. The Morgan fingerprint density at radius 1 is 1.32 bits per heavy atom. The lowest BCUT2D eigenvalue weighted by molar-refractivity contribution is -0.121. The minimum atomic E-state index is 0.120. The first-order valence-corrected chi connectivity index (χ1v) is 9.14. The molecular weight excluding hydrogens is 280 g/mol. The summed E-state index contributed by atoms with van der Waals surface area (Å²) in [5, 5.41) is 5.93. The van der Waals surface area contributed by atoms with Gasteiger partial charge in [-0.3, -0.25) is 4.79 Å². The van der Waals surface area contributed by atoms with Gasteiger partial charge < -0.3 is 15.4 Å². The number of amides is 1. The monoisotopic (exact) mass is 306 g/mol. The maximum Gasteiger partial charge on any atom is 0.220 e. The Kier molecular flexibility index (Phi) is 15.7. The van der Waals surface area contributed by atoms with E-state index in [1.54, 1.807) is 10.8 Å². The number of unbranched alkanes of at least 4 members (excludes halogenated alkanes) is 1. The highest BCUT2D eigenvalue weighted by atomic mass is 33.1. The molecule has 0 saturated heterocycles. The lowest BCUT2D eigenvalue weighted by Crippen LogP contribution is -2.22. The topological polar surface area (TPSA) is 50.4 Å². The third-order valence-electron chi connectivity index (χ3n) is 2.25. The van der Waals surface area contributed by atoms with Gasteiger partial charge in [0.2, 0.25) is 5.91 Å². The standard InChI is InChI=1S/C13H26N2O2S2/c1-3-4-8-15-13(16)7-5-6-10-17-12-19-18-11-9-14-2/h3-4,14H,5-12H2,1-2H3,(H,15,16)/b4-3+. The average molecular weight is 306 g/mol. The zero-order chi connectivity index (χ0) is 14.2. The first-order chi connectivity index (χ1) is 9.31. The van der Waals surface area contributed by atoms with Crippen molar-refractivity contribution in [3.05, 3.63) is 12.2 Å². The van der Waals surface area contributed by atoms with Crippen molar-refractivity contribution in [3.63, 3.8) is 0 Å². The number of carbonyl (C=O) groups excluding carboxylic acids is 1. The van der Waals surface area contributed by atoms with Gasteiger partial charge in [0.15, 0.2) is 0 Å². The molecule has 0 unspecified atom stereocenters. The van der Waals surface area contributed by atoms with Gasteiger partial charge in [0.05, 0.1) is 0 Å². The van der Waals surface area contributed by atoms with Gasteiger partial charge in [-0.1, -0.05) is 33.7 Å². The summed E-state index contributed by atoms with van der Waals surface area (Å²) < 4.78 is 5.47. The van der Waals surface area contributed by atoms with E-state index in [4.69, 9.17) is 4.74 Å². The number of carbonyl (C=O) groups is 1. The predicted octanol–water partition coefficient (Wildman–Crippen LogP) is 2.42. The first-order valence-electron chi connectivity index (χ1n) is 6.66. The summed E-state index contributed by atoms with van der Waals surface area (Å²) in [7, 11) is 5.51. The summed E-state index contributed by atoms with van der Waals surface area (Å²) >= 11 is 0. The van der Waals surface area contributed by atoms with Crippen molar-refractivity contribution in [1.29, 1.82) is 0 Å². The van der Waals surface area contributed by atoms with E-state index in [0.29, 0.717) is 13.0 Å². The van der Waals surface area contributed by atoms with Crippen molar-refractivity contribution in [2.75, 3.05) is 38.4 Å². The van der Waals surface area contributed by atoms with Gasteiger partial charge in [-0.15, -0.1) is 0 Å². The molecule has 0 saturated carbocycles. The highest BCUT2D eigenvalue weighted by Crippen LogP contribution is 2.20. The van der Waals surface area contributed by atoms with Crippen LogP contribution in [0.15, 0.2) is 12.2 Å². The van der Waals surface area contributed by atoms with Crippen molar-refractivity contribution in [3.8, 4) is 0 Å². The zero-order valence-electron chi connectivity index (χ0n) is 11.9. The molecule has 1 amide bonds. The number of rotatable bonds is 13. The molecule has 0 heterocycles. The summed E-state index contributed by atoms with van der Waals surface area (Å²) in [6, 6.07) is 0. The summed E-state index contributed by atoms with van der Waals surface area (Å²) in [6.45, 7) is 4.34. The van der Waals surface area contributed by atoms with Crippen LogP contribution in [-0.4, -0.2) is 44.3 Å². The molecule has 0 atom stereocenters. The van der Waals surface area contributed by atoms with Gasteiger partial charge >= 0.3 is 0 Å². The van der Waals surface area contributed by atoms with Crippen molar-refractivity contribution < 1.29 is 9.53 Å². The highest BCUT2D eigenvalue weighted by Gasteiger charge is 1.99. The third-order valence-corrected chi connectivity index (χ3v) is 4.33.